The number of nitrogens with one attached hydrogen (secondary N) is 1. The molecule has 0 bridgehead atoms. The van der Waals surface area contributed by atoms with Crippen molar-refractivity contribution in [2.24, 2.45) is 0 Å². The molecule has 0 saturated heterocycles. The maximum Gasteiger partial charge on any atom is 0.265 e. The topological polar surface area (TPSA) is 47.6 Å². The fourth-order valence-corrected chi connectivity index (χ4v) is 3.08. The Morgan fingerprint density at radius 2 is 1.69 bits per heavy atom. The van der Waals surface area contributed by atoms with Gasteiger partial charge in [-0.05, 0) is 80.8 Å². The number of carbonyl (C=O) groups is 1. The van der Waals surface area contributed by atoms with Crippen molar-refractivity contribution in [2.75, 3.05) is 5.32 Å². The molecule has 0 aliphatic heterocycles. The smallest absolute Gasteiger partial charge is 0.265 e. The van der Waals surface area contributed by atoms with Crippen LogP contribution in [0.3, 0.4) is 0 Å². The molecule has 1 atom stereocenters. The number of para-hydroxylation sites is 1. The summed E-state index contributed by atoms with van der Waals surface area (Å²) < 4.78 is 11.8. The minimum atomic E-state index is -0.696. The summed E-state index contributed by atoms with van der Waals surface area (Å²) in [5.74, 6) is 1.59. The van der Waals surface area contributed by atoms with Crippen molar-refractivity contribution in [1.29, 1.82) is 0 Å². The second-order valence-corrected chi connectivity index (χ2v) is 7.45. The molecule has 0 heterocycles. The number of ether oxygens (including phenoxy) is 2. The number of benzene rings is 3. The maximum absolute atomic E-state index is 12.8. The van der Waals surface area contributed by atoms with Gasteiger partial charge in [0, 0.05) is 5.02 Å². The number of halogens is 1. The van der Waals surface area contributed by atoms with Crippen molar-refractivity contribution in [3.05, 3.63) is 82.4 Å². The van der Waals surface area contributed by atoms with Crippen molar-refractivity contribution in [3.8, 4) is 17.2 Å². The molecule has 5 heteroatoms. The highest BCUT2D eigenvalue weighted by atomic mass is 35.5. The van der Waals surface area contributed by atoms with E-state index in [1.54, 1.807) is 25.1 Å². The number of rotatable bonds is 6. The van der Waals surface area contributed by atoms with E-state index in [2.05, 4.69) is 11.4 Å². The van der Waals surface area contributed by atoms with E-state index in [-0.39, 0.29) is 5.91 Å². The summed E-state index contributed by atoms with van der Waals surface area (Å²) in [4.78, 5) is 12.8. The molecule has 0 unspecified atom stereocenters. The van der Waals surface area contributed by atoms with Crippen LogP contribution in [0, 0.1) is 20.8 Å². The Labute approximate surface area is 176 Å². The Balaban J connectivity index is 1.77. The lowest BCUT2D eigenvalue weighted by molar-refractivity contribution is -0.122. The largest absolute Gasteiger partial charge is 0.481 e. The van der Waals surface area contributed by atoms with Gasteiger partial charge in [0.15, 0.2) is 11.9 Å². The zero-order chi connectivity index (χ0) is 21.0. The molecule has 1 N–H and O–H groups in total. The first-order valence-electron chi connectivity index (χ1n) is 9.41. The van der Waals surface area contributed by atoms with Gasteiger partial charge < -0.3 is 14.8 Å². The fraction of sp³-hybridized carbons (Fsp3) is 0.208. The van der Waals surface area contributed by atoms with Gasteiger partial charge in [0.1, 0.15) is 11.5 Å². The van der Waals surface area contributed by atoms with Crippen LogP contribution in [0.2, 0.25) is 5.02 Å². The number of hydrogen-bond donors (Lipinski definition) is 1. The van der Waals surface area contributed by atoms with Crippen LogP contribution in [-0.4, -0.2) is 12.0 Å². The van der Waals surface area contributed by atoms with Gasteiger partial charge in [0.05, 0.1) is 5.69 Å². The zero-order valence-electron chi connectivity index (χ0n) is 17.0. The van der Waals surface area contributed by atoms with Crippen LogP contribution in [0.5, 0.6) is 17.2 Å². The minimum absolute atomic E-state index is 0.288. The Kier molecular flexibility index (Phi) is 6.45. The second kappa shape index (κ2) is 9.01. The molecule has 3 aromatic rings. The van der Waals surface area contributed by atoms with E-state index in [9.17, 15) is 4.79 Å². The van der Waals surface area contributed by atoms with Crippen molar-refractivity contribution in [2.45, 2.75) is 33.8 Å². The monoisotopic (exact) mass is 409 g/mol. The third-order valence-electron chi connectivity index (χ3n) is 4.61. The number of carbonyl (C=O) groups excluding carboxylic acids is 1. The van der Waals surface area contributed by atoms with E-state index in [4.69, 9.17) is 21.1 Å². The summed E-state index contributed by atoms with van der Waals surface area (Å²) in [5.41, 5.74) is 3.72. The second-order valence-electron chi connectivity index (χ2n) is 7.01. The van der Waals surface area contributed by atoms with E-state index >= 15 is 0 Å². The summed E-state index contributed by atoms with van der Waals surface area (Å²) in [6.07, 6.45) is -0.696. The Bertz CT molecular complexity index is 1020. The number of hydrogen-bond acceptors (Lipinski definition) is 3. The van der Waals surface area contributed by atoms with Gasteiger partial charge in [-0.25, -0.2) is 0 Å². The highest BCUT2D eigenvalue weighted by Gasteiger charge is 2.19. The van der Waals surface area contributed by atoms with Crippen molar-refractivity contribution in [3.63, 3.8) is 0 Å². The Morgan fingerprint density at radius 1 is 0.966 bits per heavy atom. The maximum atomic E-state index is 12.8. The standard InChI is InChI=1S/C24H24ClNO3/c1-15-12-16(2)17(3)23(13-15)28-18(4)24(27)26-21-14-19(25)10-11-22(21)29-20-8-6-5-7-9-20/h5-14,18H,1-4H3,(H,26,27)/t18-/m0/s1. The molecule has 4 nitrogen and oxygen atoms in total. The van der Waals surface area contributed by atoms with E-state index in [1.807, 2.05) is 57.2 Å². The summed E-state index contributed by atoms with van der Waals surface area (Å²) >= 11 is 6.13. The highest BCUT2D eigenvalue weighted by Crippen LogP contribution is 2.32. The lowest BCUT2D eigenvalue weighted by atomic mass is 10.1. The molecule has 3 aromatic carbocycles. The van der Waals surface area contributed by atoms with Crippen molar-refractivity contribution < 1.29 is 14.3 Å². The Morgan fingerprint density at radius 3 is 2.41 bits per heavy atom. The summed E-state index contributed by atoms with van der Waals surface area (Å²) in [6.45, 7) is 7.73. The third-order valence-corrected chi connectivity index (χ3v) is 4.84. The van der Waals surface area contributed by atoms with E-state index in [0.29, 0.717) is 28.0 Å². The lowest BCUT2D eigenvalue weighted by Crippen LogP contribution is -2.30. The molecule has 0 aliphatic carbocycles. The number of amides is 1. The van der Waals surface area contributed by atoms with Gasteiger partial charge in [-0.2, -0.15) is 0 Å². The van der Waals surface area contributed by atoms with Crippen LogP contribution in [0.1, 0.15) is 23.6 Å². The molecular weight excluding hydrogens is 386 g/mol. The van der Waals surface area contributed by atoms with Crippen LogP contribution in [-0.2, 0) is 4.79 Å². The number of aryl methyl sites for hydroxylation is 2. The van der Waals surface area contributed by atoms with Crippen LogP contribution < -0.4 is 14.8 Å². The quantitative estimate of drug-likeness (QED) is 0.508. The molecule has 0 radical (unpaired) electrons. The predicted molar refractivity (Wildman–Crippen MR) is 117 cm³/mol. The lowest BCUT2D eigenvalue weighted by Gasteiger charge is -2.19. The van der Waals surface area contributed by atoms with Crippen LogP contribution in [0.25, 0.3) is 0 Å². The molecule has 0 fully saturated rings. The van der Waals surface area contributed by atoms with E-state index in [0.717, 1.165) is 16.7 Å². The zero-order valence-corrected chi connectivity index (χ0v) is 17.7. The molecule has 0 aromatic heterocycles. The van der Waals surface area contributed by atoms with Crippen LogP contribution in [0.15, 0.2) is 60.7 Å². The molecular formula is C24H24ClNO3. The van der Waals surface area contributed by atoms with E-state index < -0.39 is 6.10 Å². The molecule has 0 saturated carbocycles. The third kappa shape index (κ3) is 5.30. The van der Waals surface area contributed by atoms with Crippen molar-refractivity contribution in [1.82, 2.24) is 0 Å². The van der Waals surface area contributed by atoms with Gasteiger partial charge in [0.2, 0.25) is 0 Å². The molecule has 150 valence electrons. The minimum Gasteiger partial charge on any atom is -0.481 e. The van der Waals surface area contributed by atoms with Crippen LogP contribution >= 0.6 is 11.6 Å². The molecule has 0 aliphatic rings. The predicted octanol–water partition coefficient (Wildman–Crippen LogP) is 6.46. The summed E-state index contributed by atoms with van der Waals surface area (Å²) in [7, 11) is 0. The summed E-state index contributed by atoms with van der Waals surface area (Å²) in [6, 6.07) is 18.5. The average Bonchev–Trinajstić information content (AvgIpc) is 2.68. The summed E-state index contributed by atoms with van der Waals surface area (Å²) in [5, 5.41) is 3.37. The molecule has 29 heavy (non-hydrogen) atoms. The highest BCUT2D eigenvalue weighted by molar-refractivity contribution is 6.31. The van der Waals surface area contributed by atoms with E-state index in [1.165, 1.54) is 0 Å². The van der Waals surface area contributed by atoms with Gasteiger partial charge in [-0.1, -0.05) is 35.9 Å². The fourth-order valence-electron chi connectivity index (χ4n) is 2.91. The molecule has 1 amide bonds. The Hall–Kier alpha value is -2.98. The van der Waals surface area contributed by atoms with Gasteiger partial charge in [-0.3, -0.25) is 4.79 Å². The normalized spacial score (nSPS) is 11.6. The SMILES string of the molecule is Cc1cc(C)c(C)c(O[C@@H](C)C(=O)Nc2cc(Cl)ccc2Oc2ccccc2)c1. The van der Waals surface area contributed by atoms with Gasteiger partial charge >= 0.3 is 0 Å². The first-order valence-corrected chi connectivity index (χ1v) is 9.79. The first-order chi connectivity index (χ1) is 13.8. The van der Waals surface area contributed by atoms with Gasteiger partial charge in [-0.15, -0.1) is 0 Å². The van der Waals surface area contributed by atoms with Crippen LogP contribution in [0.4, 0.5) is 5.69 Å². The average molecular weight is 410 g/mol. The first kappa shape index (κ1) is 20.7. The van der Waals surface area contributed by atoms with Gasteiger partial charge in [0.25, 0.3) is 5.91 Å². The molecule has 3 rings (SSSR count). The molecule has 0 spiro atoms. The van der Waals surface area contributed by atoms with Crippen molar-refractivity contribution >= 4 is 23.2 Å². The number of anilines is 1.